The van der Waals surface area contributed by atoms with Crippen LogP contribution in [0.5, 0.6) is 11.5 Å². The van der Waals surface area contributed by atoms with Crippen LogP contribution in [0.25, 0.3) is 0 Å². The summed E-state index contributed by atoms with van der Waals surface area (Å²) in [5.41, 5.74) is 0.904. The highest BCUT2D eigenvalue weighted by molar-refractivity contribution is 5.90. The molecule has 2 N–H and O–H groups in total. The van der Waals surface area contributed by atoms with Crippen molar-refractivity contribution in [2.24, 2.45) is 5.92 Å². The van der Waals surface area contributed by atoms with Gasteiger partial charge in [0, 0.05) is 12.5 Å². The predicted octanol–water partition coefficient (Wildman–Crippen LogP) is 0.918. The van der Waals surface area contributed by atoms with Crippen LogP contribution in [0.2, 0.25) is 0 Å². The van der Waals surface area contributed by atoms with Gasteiger partial charge in [-0.05, 0) is 17.7 Å². The molecule has 0 aliphatic carbocycles. The van der Waals surface area contributed by atoms with E-state index in [2.05, 4.69) is 20.9 Å². The average molecular weight is 345 g/mol. The molecule has 1 aliphatic rings. The molecule has 2 heterocycles. The van der Waals surface area contributed by atoms with Crippen LogP contribution in [0.15, 0.2) is 24.4 Å². The van der Waals surface area contributed by atoms with E-state index in [4.69, 9.17) is 9.47 Å². The van der Waals surface area contributed by atoms with E-state index in [0.717, 1.165) is 5.56 Å². The standard InChI is InChI=1S/C16H19N5O4/c1-10(2)16(23)18-14-7-21(20-19-14)8-15(22)17-6-11-3-4-12-13(5-11)25-9-24-12/h3-5,7,10H,6,8-9H2,1-2H3,(H,17,22)(H,18,23). The SMILES string of the molecule is CC(C)C(=O)Nc1cn(CC(=O)NCc2ccc3c(c2)OCO3)nn1. The first-order chi connectivity index (χ1) is 12.0. The summed E-state index contributed by atoms with van der Waals surface area (Å²) in [7, 11) is 0. The Hall–Kier alpha value is -3.10. The van der Waals surface area contributed by atoms with Gasteiger partial charge in [0.15, 0.2) is 17.3 Å². The fourth-order valence-electron chi connectivity index (χ4n) is 2.16. The Balaban J connectivity index is 1.49. The van der Waals surface area contributed by atoms with E-state index in [1.54, 1.807) is 13.8 Å². The number of ether oxygens (including phenoxy) is 2. The first-order valence-corrected chi connectivity index (χ1v) is 7.87. The summed E-state index contributed by atoms with van der Waals surface area (Å²) < 4.78 is 11.9. The number of hydrogen-bond acceptors (Lipinski definition) is 6. The van der Waals surface area contributed by atoms with Crippen LogP contribution >= 0.6 is 0 Å². The Kier molecular flexibility index (Phi) is 4.82. The minimum atomic E-state index is -0.218. The van der Waals surface area contributed by atoms with Crippen LogP contribution < -0.4 is 20.1 Å². The molecule has 9 nitrogen and oxygen atoms in total. The van der Waals surface area contributed by atoms with Gasteiger partial charge in [-0.15, -0.1) is 5.10 Å². The third-order valence-electron chi connectivity index (χ3n) is 3.55. The van der Waals surface area contributed by atoms with E-state index >= 15 is 0 Å². The van der Waals surface area contributed by atoms with Crippen LogP contribution in [0.4, 0.5) is 5.82 Å². The summed E-state index contributed by atoms with van der Waals surface area (Å²) in [5.74, 6) is 1.17. The topological polar surface area (TPSA) is 107 Å². The van der Waals surface area contributed by atoms with E-state index in [9.17, 15) is 9.59 Å². The van der Waals surface area contributed by atoms with Crippen molar-refractivity contribution in [2.75, 3.05) is 12.1 Å². The Morgan fingerprint density at radius 2 is 2.08 bits per heavy atom. The van der Waals surface area contributed by atoms with Crippen LogP contribution in [-0.2, 0) is 22.7 Å². The summed E-state index contributed by atoms with van der Waals surface area (Å²) in [6.45, 7) is 4.15. The van der Waals surface area contributed by atoms with Crippen molar-refractivity contribution < 1.29 is 19.1 Å². The van der Waals surface area contributed by atoms with E-state index in [0.29, 0.717) is 23.9 Å². The van der Waals surface area contributed by atoms with Gasteiger partial charge in [-0.25, -0.2) is 4.68 Å². The van der Waals surface area contributed by atoms with Gasteiger partial charge in [-0.3, -0.25) is 9.59 Å². The number of anilines is 1. The number of nitrogens with one attached hydrogen (secondary N) is 2. The fraction of sp³-hybridized carbons (Fsp3) is 0.375. The first kappa shape index (κ1) is 16.7. The lowest BCUT2D eigenvalue weighted by atomic mass is 10.2. The minimum absolute atomic E-state index is 0.00903. The Morgan fingerprint density at radius 3 is 2.88 bits per heavy atom. The number of nitrogens with zero attached hydrogens (tertiary/aromatic N) is 3. The number of aromatic nitrogens is 3. The maximum absolute atomic E-state index is 12.0. The van der Waals surface area contributed by atoms with E-state index in [1.165, 1.54) is 10.9 Å². The Morgan fingerprint density at radius 1 is 1.28 bits per heavy atom. The summed E-state index contributed by atoms with van der Waals surface area (Å²) in [6.07, 6.45) is 1.51. The maximum atomic E-state index is 12.0. The summed E-state index contributed by atoms with van der Waals surface area (Å²) >= 11 is 0. The molecule has 132 valence electrons. The third-order valence-corrected chi connectivity index (χ3v) is 3.55. The van der Waals surface area contributed by atoms with Crippen LogP contribution in [-0.4, -0.2) is 33.6 Å². The summed E-state index contributed by atoms with van der Waals surface area (Å²) in [5, 5.41) is 13.1. The molecule has 0 unspecified atom stereocenters. The van der Waals surface area contributed by atoms with Gasteiger partial charge in [0.2, 0.25) is 18.6 Å². The number of amides is 2. The predicted molar refractivity (Wildman–Crippen MR) is 87.9 cm³/mol. The van der Waals surface area contributed by atoms with Crippen LogP contribution in [0.3, 0.4) is 0 Å². The van der Waals surface area contributed by atoms with Crippen molar-refractivity contribution in [3.05, 3.63) is 30.0 Å². The lowest BCUT2D eigenvalue weighted by Crippen LogP contribution is -2.27. The largest absolute Gasteiger partial charge is 0.454 e. The molecule has 0 atom stereocenters. The molecule has 1 aliphatic heterocycles. The monoisotopic (exact) mass is 345 g/mol. The second-order valence-electron chi connectivity index (χ2n) is 5.91. The zero-order chi connectivity index (χ0) is 17.8. The summed E-state index contributed by atoms with van der Waals surface area (Å²) in [4.78, 5) is 23.6. The first-order valence-electron chi connectivity index (χ1n) is 7.87. The Bertz CT molecular complexity index is 787. The molecular formula is C16H19N5O4. The third kappa shape index (κ3) is 4.25. The number of carbonyl (C=O) groups excluding carboxylic acids is 2. The van der Waals surface area contributed by atoms with E-state index in [-0.39, 0.29) is 31.1 Å². The molecule has 0 saturated carbocycles. The number of benzene rings is 1. The van der Waals surface area contributed by atoms with Crippen molar-refractivity contribution in [3.63, 3.8) is 0 Å². The summed E-state index contributed by atoms with van der Waals surface area (Å²) in [6, 6.07) is 5.51. The molecule has 0 spiro atoms. The number of hydrogen-bond donors (Lipinski definition) is 2. The van der Waals surface area contributed by atoms with Crippen molar-refractivity contribution >= 4 is 17.6 Å². The lowest BCUT2D eigenvalue weighted by Gasteiger charge is -2.06. The highest BCUT2D eigenvalue weighted by Gasteiger charge is 2.14. The molecule has 0 radical (unpaired) electrons. The van der Waals surface area contributed by atoms with Crippen molar-refractivity contribution in [1.82, 2.24) is 20.3 Å². The number of carbonyl (C=O) groups is 2. The molecule has 0 fully saturated rings. The van der Waals surface area contributed by atoms with Crippen LogP contribution in [0, 0.1) is 5.92 Å². The maximum Gasteiger partial charge on any atom is 0.242 e. The molecule has 1 aromatic heterocycles. The highest BCUT2D eigenvalue weighted by Crippen LogP contribution is 2.32. The van der Waals surface area contributed by atoms with E-state index < -0.39 is 0 Å². The number of rotatable bonds is 6. The zero-order valence-corrected chi connectivity index (χ0v) is 14.0. The van der Waals surface area contributed by atoms with E-state index in [1.807, 2.05) is 18.2 Å². The van der Waals surface area contributed by atoms with Gasteiger partial charge in [-0.2, -0.15) is 0 Å². The van der Waals surface area contributed by atoms with Crippen LogP contribution in [0.1, 0.15) is 19.4 Å². The normalized spacial score (nSPS) is 12.3. The second-order valence-corrected chi connectivity index (χ2v) is 5.91. The van der Waals surface area contributed by atoms with Gasteiger partial charge in [-0.1, -0.05) is 25.1 Å². The molecular weight excluding hydrogens is 326 g/mol. The second kappa shape index (κ2) is 7.20. The lowest BCUT2D eigenvalue weighted by molar-refractivity contribution is -0.122. The Labute approximate surface area is 144 Å². The average Bonchev–Trinajstić information content (AvgIpc) is 3.21. The fourth-order valence-corrected chi connectivity index (χ4v) is 2.16. The van der Waals surface area contributed by atoms with Crippen molar-refractivity contribution in [2.45, 2.75) is 26.9 Å². The molecule has 0 saturated heterocycles. The van der Waals surface area contributed by atoms with Crippen molar-refractivity contribution in [1.29, 1.82) is 0 Å². The zero-order valence-electron chi connectivity index (χ0n) is 14.0. The van der Waals surface area contributed by atoms with Crippen molar-refractivity contribution in [3.8, 4) is 11.5 Å². The molecule has 2 amide bonds. The quantitative estimate of drug-likeness (QED) is 0.806. The molecule has 9 heteroatoms. The molecule has 2 aromatic rings. The highest BCUT2D eigenvalue weighted by atomic mass is 16.7. The van der Waals surface area contributed by atoms with Gasteiger partial charge < -0.3 is 20.1 Å². The minimum Gasteiger partial charge on any atom is -0.454 e. The van der Waals surface area contributed by atoms with Gasteiger partial charge in [0.25, 0.3) is 0 Å². The van der Waals surface area contributed by atoms with Gasteiger partial charge in [0.1, 0.15) is 6.54 Å². The molecule has 25 heavy (non-hydrogen) atoms. The molecule has 1 aromatic carbocycles. The van der Waals surface area contributed by atoms with Gasteiger partial charge >= 0.3 is 0 Å². The molecule has 0 bridgehead atoms. The molecule has 3 rings (SSSR count). The van der Waals surface area contributed by atoms with Gasteiger partial charge in [0.05, 0.1) is 6.20 Å². The number of fused-ring (bicyclic) bond motifs is 1. The smallest absolute Gasteiger partial charge is 0.242 e.